The van der Waals surface area contributed by atoms with E-state index in [2.05, 4.69) is 4.98 Å². The molecule has 0 bridgehead atoms. The largest absolute Gasteiger partial charge is 0.302 e. The number of benzene rings is 1. The number of hydrogen-bond donors (Lipinski definition) is 0. The normalized spacial score (nSPS) is 10.8. The molecule has 0 aliphatic carbocycles. The maximum absolute atomic E-state index is 11.9. The van der Waals surface area contributed by atoms with Crippen LogP contribution in [0.3, 0.4) is 0 Å². The van der Waals surface area contributed by atoms with Crippen molar-refractivity contribution in [3.05, 3.63) is 46.5 Å². The van der Waals surface area contributed by atoms with E-state index in [-0.39, 0.29) is 5.56 Å². The molecule has 1 aromatic heterocycles. The standard InChI is InChI=1S/C13H11N3O/c1-16-9-15-12-6-5-10(4-2-3-7-14)8-11(12)13(16)17/h2,4-6,8-9H,3H2,1H3. The van der Waals surface area contributed by atoms with Gasteiger partial charge in [0.25, 0.3) is 5.56 Å². The molecule has 0 fully saturated rings. The topological polar surface area (TPSA) is 58.7 Å². The second-order valence-corrected chi connectivity index (χ2v) is 3.70. The van der Waals surface area contributed by atoms with Gasteiger partial charge in [0.2, 0.25) is 0 Å². The third-order valence-corrected chi connectivity index (χ3v) is 2.46. The fraction of sp³-hybridized carbons (Fsp3) is 0.154. The van der Waals surface area contributed by atoms with Crippen molar-refractivity contribution in [1.29, 1.82) is 5.26 Å². The van der Waals surface area contributed by atoms with Crippen LogP contribution in [0, 0.1) is 11.3 Å². The summed E-state index contributed by atoms with van der Waals surface area (Å²) in [5.41, 5.74) is 1.52. The number of aryl methyl sites for hydroxylation is 1. The Morgan fingerprint density at radius 3 is 3.12 bits per heavy atom. The van der Waals surface area contributed by atoms with Crippen LogP contribution in [0.4, 0.5) is 0 Å². The van der Waals surface area contributed by atoms with E-state index in [0.29, 0.717) is 17.3 Å². The molecule has 0 atom stereocenters. The average Bonchev–Trinajstić information content (AvgIpc) is 2.35. The van der Waals surface area contributed by atoms with Gasteiger partial charge in [0.15, 0.2) is 0 Å². The van der Waals surface area contributed by atoms with Crippen molar-refractivity contribution in [2.75, 3.05) is 0 Å². The van der Waals surface area contributed by atoms with Crippen LogP contribution >= 0.6 is 0 Å². The Balaban J connectivity index is 2.54. The molecule has 1 heterocycles. The molecule has 0 radical (unpaired) electrons. The second kappa shape index (κ2) is 4.62. The number of aromatic nitrogens is 2. The molecule has 2 aromatic rings. The van der Waals surface area contributed by atoms with Gasteiger partial charge in [-0.05, 0) is 17.7 Å². The first-order valence-electron chi connectivity index (χ1n) is 5.21. The van der Waals surface area contributed by atoms with Crippen molar-refractivity contribution in [2.45, 2.75) is 6.42 Å². The van der Waals surface area contributed by atoms with E-state index in [4.69, 9.17) is 5.26 Å². The van der Waals surface area contributed by atoms with E-state index >= 15 is 0 Å². The van der Waals surface area contributed by atoms with Crippen LogP contribution in [0.2, 0.25) is 0 Å². The summed E-state index contributed by atoms with van der Waals surface area (Å²) in [5, 5.41) is 9.02. The molecule has 0 saturated heterocycles. The van der Waals surface area contributed by atoms with E-state index < -0.39 is 0 Å². The molecule has 0 unspecified atom stereocenters. The lowest BCUT2D eigenvalue weighted by atomic mass is 10.1. The van der Waals surface area contributed by atoms with Gasteiger partial charge in [-0.3, -0.25) is 4.79 Å². The van der Waals surface area contributed by atoms with Gasteiger partial charge >= 0.3 is 0 Å². The molecule has 4 heteroatoms. The maximum atomic E-state index is 11.9. The van der Waals surface area contributed by atoms with Crippen LogP contribution in [0.15, 0.2) is 35.4 Å². The lowest BCUT2D eigenvalue weighted by molar-refractivity contribution is 0.843. The van der Waals surface area contributed by atoms with Crippen molar-refractivity contribution >= 4 is 17.0 Å². The molecule has 0 spiro atoms. The Morgan fingerprint density at radius 1 is 1.53 bits per heavy atom. The van der Waals surface area contributed by atoms with Crippen molar-refractivity contribution in [3.63, 3.8) is 0 Å². The fourth-order valence-electron chi connectivity index (χ4n) is 1.58. The first kappa shape index (κ1) is 11.1. The number of nitrogens with zero attached hydrogens (tertiary/aromatic N) is 3. The third kappa shape index (κ3) is 2.23. The summed E-state index contributed by atoms with van der Waals surface area (Å²) in [6.07, 6.45) is 5.47. The Labute approximate surface area is 98.5 Å². The van der Waals surface area contributed by atoms with Crippen molar-refractivity contribution in [1.82, 2.24) is 9.55 Å². The number of hydrogen-bond acceptors (Lipinski definition) is 3. The van der Waals surface area contributed by atoms with Gasteiger partial charge < -0.3 is 4.57 Å². The molecule has 0 N–H and O–H groups in total. The molecular weight excluding hydrogens is 214 g/mol. The third-order valence-electron chi connectivity index (χ3n) is 2.46. The lowest BCUT2D eigenvalue weighted by Crippen LogP contribution is -2.16. The van der Waals surface area contributed by atoms with Crippen LogP contribution < -0.4 is 5.56 Å². The highest BCUT2D eigenvalue weighted by atomic mass is 16.1. The molecule has 0 aliphatic heterocycles. The molecule has 0 aliphatic rings. The Bertz CT molecular complexity index is 677. The zero-order valence-corrected chi connectivity index (χ0v) is 9.42. The summed E-state index contributed by atoms with van der Waals surface area (Å²) in [5.74, 6) is 0. The number of fused-ring (bicyclic) bond motifs is 1. The predicted octanol–water partition coefficient (Wildman–Crippen LogP) is 1.86. The first-order chi connectivity index (χ1) is 8.22. The number of nitriles is 1. The summed E-state index contributed by atoms with van der Waals surface area (Å²) < 4.78 is 1.45. The minimum Gasteiger partial charge on any atom is -0.302 e. The molecule has 0 amide bonds. The summed E-state index contributed by atoms with van der Waals surface area (Å²) >= 11 is 0. The Kier molecular flexibility index (Phi) is 3.01. The quantitative estimate of drug-likeness (QED) is 0.783. The second-order valence-electron chi connectivity index (χ2n) is 3.70. The first-order valence-corrected chi connectivity index (χ1v) is 5.21. The maximum Gasteiger partial charge on any atom is 0.260 e. The predicted molar refractivity (Wildman–Crippen MR) is 66.2 cm³/mol. The average molecular weight is 225 g/mol. The lowest BCUT2D eigenvalue weighted by Gasteiger charge is -2.01. The molecule has 17 heavy (non-hydrogen) atoms. The number of rotatable bonds is 2. The molecule has 2 rings (SSSR count). The van der Waals surface area contributed by atoms with Gasteiger partial charge in [0.05, 0.1) is 29.7 Å². The van der Waals surface area contributed by atoms with Gasteiger partial charge in [0.1, 0.15) is 0 Å². The summed E-state index contributed by atoms with van der Waals surface area (Å²) in [6.45, 7) is 0. The van der Waals surface area contributed by atoms with E-state index in [1.165, 1.54) is 10.9 Å². The minimum absolute atomic E-state index is 0.0643. The van der Waals surface area contributed by atoms with Gasteiger partial charge in [-0.25, -0.2) is 4.98 Å². The zero-order valence-electron chi connectivity index (χ0n) is 9.42. The monoisotopic (exact) mass is 225 g/mol. The fourth-order valence-corrected chi connectivity index (χ4v) is 1.58. The molecule has 1 aromatic carbocycles. The van der Waals surface area contributed by atoms with E-state index in [0.717, 1.165) is 5.56 Å². The van der Waals surface area contributed by atoms with Crippen LogP contribution in [-0.4, -0.2) is 9.55 Å². The smallest absolute Gasteiger partial charge is 0.260 e. The summed E-state index contributed by atoms with van der Waals surface area (Å²) in [4.78, 5) is 16.0. The van der Waals surface area contributed by atoms with E-state index in [1.54, 1.807) is 19.2 Å². The van der Waals surface area contributed by atoms with Gasteiger partial charge in [-0.1, -0.05) is 18.2 Å². The van der Waals surface area contributed by atoms with Crippen LogP contribution in [-0.2, 0) is 7.05 Å². The summed E-state index contributed by atoms with van der Waals surface area (Å²) in [6, 6.07) is 7.51. The van der Waals surface area contributed by atoms with E-state index in [1.807, 2.05) is 24.3 Å². The SMILES string of the molecule is Cn1cnc2ccc(C=CCC#N)cc2c1=O. The zero-order chi connectivity index (χ0) is 12.3. The highest BCUT2D eigenvalue weighted by Gasteiger charge is 2.01. The van der Waals surface area contributed by atoms with Crippen LogP contribution in [0.5, 0.6) is 0 Å². The van der Waals surface area contributed by atoms with E-state index in [9.17, 15) is 4.79 Å². The van der Waals surface area contributed by atoms with Crippen LogP contribution in [0.25, 0.3) is 17.0 Å². The van der Waals surface area contributed by atoms with Gasteiger partial charge in [0, 0.05) is 7.05 Å². The molecular formula is C13H11N3O. The highest BCUT2D eigenvalue weighted by molar-refractivity contribution is 5.80. The molecule has 84 valence electrons. The van der Waals surface area contributed by atoms with Gasteiger partial charge in [-0.15, -0.1) is 0 Å². The molecule has 0 saturated carbocycles. The minimum atomic E-state index is -0.0643. The number of allylic oxidation sites excluding steroid dienone is 1. The Morgan fingerprint density at radius 2 is 2.35 bits per heavy atom. The van der Waals surface area contributed by atoms with Gasteiger partial charge in [-0.2, -0.15) is 5.26 Å². The highest BCUT2D eigenvalue weighted by Crippen LogP contribution is 2.11. The van der Waals surface area contributed by atoms with Crippen molar-refractivity contribution in [3.8, 4) is 6.07 Å². The summed E-state index contributed by atoms with van der Waals surface area (Å²) in [7, 11) is 1.67. The molecule has 4 nitrogen and oxygen atoms in total. The van der Waals surface area contributed by atoms with Crippen LogP contribution in [0.1, 0.15) is 12.0 Å². The van der Waals surface area contributed by atoms with Crippen molar-refractivity contribution in [2.24, 2.45) is 7.05 Å². The Hall–Kier alpha value is -2.41. The van der Waals surface area contributed by atoms with Crippen molar-refractivity contribution < 1.29 is 0 Å².